The molecule has 0 bridgehead atoms. The quantitative estimate of drug-likeness (QED) is 0.719. The molecule has 0 unspecified atom stereocenters. The van der Waals surface area contributed by atoms with Gasteiger partial charge in [0.2, 0.25) is 0 Å². The second kappa shape index (κ2) is 7.95. The standard InChI is InChI=1S/C18H15ClN2O2S/c19-15-3-5-16(6-4-15)23-11-17(22)21-10-13-2-1-8-20-18(13)14-7-9-24-12-14/h1-9,12H,10-11H2,(H,21,22). The Morgan fingerprint density at radius 3 is 2.79 bits per heavy atom. The molecule has 1 amide bonds. The van der Waals surface area contributed by atoms with Crippen LogP contribution in [0.1, 0.15) is 5.56 Å². The summed E-state index contributed by atoms with van der Waals surface area (Å²) >= 11 is 7.43. The van der Waals surface area contributed by atoms with Gasteiger partial charge in [0, 0.05) is 28.7 Å². The monoisotopic (exact) mass is 358 g/mol. The maximum atomic E-state index is 12.0. The van der Waals surface area contributed by atoms with Gasteiger partial charge in [0.25, 0.3) is 5.91 Å². The average molecular weight is 359 g/mol. The molecule has 0 saturated heterocycles. The number of amides is 1. The molecule has 4 nitrogen and oxygen atoms in total. The largest absolute Gasteiger partial charge is 0.484 e. The smallest absolute Gasteiger partial charge is 0.258 e. The highest BCUT2D eigenvalue weighted by atomic mass is 35.5. The number of nitrogens with zero attached hydrogens (tertiary/aromatic N) is 1. The summed E-state index contributed by atoms with van der Waals surface area (Å²) in [6.45, 7) is 0.359. The second-order valence-corrected chi connectivity index (χ2v) is 6.26. The van der Waals surface area contributed by atoms with Gasteiger partial charge in [-0.2, -0.15) is 11.3 Å². The van der Waals surface area contributed by atoms with Crippen molar-refractivity contribution in [3.8, 4) is 17.0 Å². The van der Waals surface area contributed by atoms with Gasteiger partial charge in [-0.25, -0.2) is 0 Å². The maximum Gasteiger partial charge on any atom is 0.258 e. The van der Waals surface area contributed by atoms with Crippen LogP contribution in [0.2, 0.25) is 5.02 Å². The lowest BCUT2D eigenvalue weighted by Crippen LogP contribution is -2.28. The highest BCUT2D eigenvalue weighted by Crippen LogP contribution is 2.23. The molecule has 122 valence electrons. The van der Waals surface area contributed by atoms with E-state index in [1.165, 1.54) is 0 Å². The topological polar surface area (TPSA) is 51.2 Å². The van der Waals surface area contributed by atoms with Crippen molar-refractivity contribution in [2.24, 2.45) is 0 Å². The van der Waals surface area contributed by atoms with Crippen LogP contribution < -0.4 is 10.1 Å². The molecule has 6 heteroatoms. The van der Waals surface area contributed by atoms with Gasteiger partial charge in [-0.15, -0.1) is 0 Å². The minimum Gasteiger partial charge on any atom is -0.484 e. The number of pyridine rings is 1. The molecule has 2 heterocycles. The van der Waals surface area contributed by atoms with Gasteiger partial charge in [-0.3, -0.25) is 9.78 Å². The van der Waals surface area contributed by atoms with E-state index in [0.717, 1.165) is 16.8 Å². The zero-order valence-corrected chi connectivity index (χ0v) is 14.3. The average Bonchev–Trinajstić information content (AvgIpc) is 3.14. The number of aromatic nitrogens is 1. The minimum absolute atomic E-state index is 0.0460. The van der Waals surface area contributed by atoms with Crippen molar-refractivity contribution in [2.45, 2.75) is 6.54 Å². The summed E-state index contributed by atoms with van der Waals surface area (Å²) in [5.41, 5.74) is 2.91. The van der Waals surface area contributed by atoms with E-state index in [2.05, 4.69) is 10.3 Å². The molecule has 0 spiro atoms. The number of ether oxygens (including phenoxy) is 1. The molecule has 2 aromatic heterocycles. The fourth-order valence-electron chi connectivity index (χ4n) is 2.16. The normalized spacial score (nSPS) is 10.4. The van der Waals surface area contributed by atoms with E-state index in [4.69, 9.17) is 16.3 Å². The fourth-order valence-corrected chi connectivity index (χ4v) is 2.93. The van der Waals surface area contributed by atoms with Gasteiger partial charge < -0.3 is 10.1 Å². The summed E-state index contributed by atoms with van der Waals surface area (Å²) in [7, 11) is 0. The number of carbonyl (C=O) groups is 1. The van der Waals surface area contributed by atoms with Crippen molar-refractivity contribution in [3.05, 3.63) is 70.0 Å². The first-order valence-electron chi connectivity index (χ1n) is 7.34. The van der Waals surface area contributed by atoms with Gasteiger partial charge in [-0.05, 0) is 47.3 Å². The summed E-state index contributed by atoms with van der Waals surface area (Å²) in [6.07, 6.45) is 1.75. The Morgan fingerprint density at radius 1 is 1.21 bits per heavy atom. The second-order valence-electron chi connectivity index (χ2n) is 5.04. The lowest BCUT2D eigenvalue weighted by Gasteiger charge is -2.10. The first-order valence-corrected chi connectivity index (χ1v) is 8.66. The van der Waals surface area contributed by atoms with Crippen molar-refractivity contribution in [1.82, 2.24) is 10.3 Å². The van der Waals surface area contributed by atoms with Gasteiger partial charge in [0.1, 0.15) is 5.75 Å². The van der Waals surface area contributed by atoms with Crippen LogP contribution in [-0.4, -0.2) is 17.5 Å². The predicted molar refractivity (Wildman–Crippen MR) is 96.3 cm³/mol. The van der Waals surface area contributed by atoms with Crippen molar-refractivity contribution < 1.29 is 9.53 Å². The van der Waals surface area contributed by atoms with Crippen molar-refractivity contribution in [3.63, 3.8) is 0 Å². The van der Waals surface area contributed by atoms with E-state index in [-0.39, 0.29) is 12.5 Å². The number of halogens is 1. The van der Waals surface area contributed by atoms with Crippen LogP contribution in [0.4, 0.5) is 0 Å². The molecule has 0 aliphatic heterocycles. The molecule has 0 radical (unpaired) electrons. The van der Waals surface area contributed by atoms with E-state index in [9.17, 15) is 4.79 Å². The van der Waals surface area contributed by atoms with Crippen LogP contribution in [0.3, 0.4) is 0 Å². The van der Waals surface area contributed by atoms with Crippen LogP contribution in [0.5, 0.6) is 5.75 Å². The Bertz CT molecular complexity index is 804. The van der Waals surface area contributed by atoms with E-state index >= 15 is 0 Å². The molecule has 0 atom stereocenters. The summed E-state index contributed by atoms with van der Waals surface area (Å²) < 4.78 is 5.43. The Kier molecular flexibility index (Phi) is 5.46. The van der Waals surface area contributed by atoms with Crippen LogP contribution in [-0.2, 0) is 11.3 Å². The van der Waals surface area contributed by atoms with Crippen LogP contribution >= 0.6 is 22.9 Å². The summed E-state index contributed by atoms with van der Waals surface area (Å²) in [5.74, 6) is 0.417. The van der Waals surface area contributed by atoms with E-state index in [1.54, 1.807) is 41.8 Å². The first-order chi connectivity index (χ1) is 11.7. The summed E-state index contributed by atoms with van der Waals surface area (Å²) in [6, 6.07) is 12.7. The third-order valence-electron chi connectivity index (χ3n) is 3.35. The molecule has 0 aliphatic carbocycles. The third-order valence-corrected chi connectivity index (χ3v) is 4.28. The van der Waals surface area contributed by atoms with Crippen molar-refractivity contribution in [1.29, 1.82) is 0 Å². The molecular weight excluding hydrogens is 344 g/mol. The Hall–Kier alpha value is -2.37. The Balaban J connectivity index is 1.56. The fraction of sp³-hybridized carbons (Fsp3) is 0.111. The maximum absolute atomic E-state index is 12.0. The molecule has 1 aromatic carbocycles. The SMILES string of the molecule is O=C(COc1ccc(Cl)cc1)NCc1cccnc1-c1ccsc1. The zero-order chi connectivity index (χ0) is 16.8. The number of hydrogen-bond acceptors (Lipinski definition) is 4. The number of rotatable bonds is 6. The lowest BCUT2D eigenvalue weighted by atomic mass is 10.1. The van der Waals surface area contributed by atoms with Crippen LogP contribution in [0.15, 0.2) is 59.4 Å². The molecular formula is C18H15ClN2O2S. The summed E-state index contributed by atoms with van der Waals surface area (Å²) in [4.78, 5) is 16.4. The molecule has 0 saturated carbocycles. The van der Waals surface area contributed by atoms with Gasteiger partial charge in [0.05, 0.1) is 5.69 Å². The molecule has 1 N–H and O–H groups in total. The number of carbonyl (C=O) groups excluding carboxylic acids is 1. The number of benzene rings is 1. The highest BCUT2D eigenvalue weighted by molar-refractivity contribution is 7.08. The minimum atomic E-state index is -0.190. The zero-order valence-electron chi connectivity index (χ0n) is 12.7. The number of thiophene rings is 1. The van der Waals surface area contributed by atoms with Gasteiger partial charge in [0.15, 0.2) is 6.61 Å². The predicted octanol–water partition coefficient (Wildman–Crippen LogP) is 4.16. The van der Waals surface area contributed by atoms with Gasteiger partial charge >= 0.3 is 0 Å². The summed E-state index contributed by atoms with van der Waals surface area (Å²) in [5, 5.41) is 7.53. The highest BCUT2D eigenvalue weighted by Gasteiger charge is 2.09. The Labute approximate surface area is 149 Å². The van der Waals surface area contributed by atoms with E-state index in [1.807, 2.05) is 29.0 Å². The van der Waals surface area contributed by atoms with Crippen LogP contribution in [0, 0.1) is 0 Å². The van der Waals surface area contributed by atoms with Crippen LogP contribution in [0.25, 0.3) is 11.3 Å². The third kappa shape index (κ3) is 4.34. The molecule has 3 rings (SSSR count). The first kappa shape index (κ1) is 16.5. The van der Waals surface area contributed by atoms with E-state index < -0.39 is 0 Å². The molecule has 3 aromatic rings. The molecule has 24 heavy (non-hydrogen) atoms. The molecule has 0 fully saturated rings. The van der Waals surface area contributed by atoms with Gasteiger partial charge in [-0.1, -0.05) is 17.7 Å². The number of hydrogen-bond donors (Lipinski definition) is 1. The van der Waals surface area contributed by atoms with Crippen molar-refractivity contribution >= 4 is 28.8 Å². The number of nitrogens with one attached hydrogen (secondary N) is 1. The molecule has 0 aliphatic rings. The van der Waals surface area contributed by atoms with E-state index in [0.29, 0.717) is 17.3 Å². The lowest BCUT2D eigenvalue weighted by molar-refractivity contribution is -0.123. The van der Waals surface area contributed by atoms with Crippen molar-refractivity contribution in [2.75, 3.05) is 6.61 Å². The Morgan fingerprint density at radius 2 is 2.04 bits per heavy atom.